The Morgan fingerprint density at radius 1 is 0.667 bits per heavy atom. The molecule has 144 valence electrons. The third-order valence-corrected chi connectivity index (χ3v) is 5.12. The average molecular weight is 390 g/mol. The number of hydrogen-bond acceptors (Lipinski definition) is 4. The molecule has 0 saturated heterocycles. The van der Waals surface area contributed by atoms with E-state index in [9.17, 15) is 9.90 Å². The molecule has 0 amide bonds. The minimum absolute atomic E-state index is 0.0288. The van der Waals surface area contributed by atoms with E-state index in [4.69, 9.17) is 4.99 Å². The summed E-state index contributed by atoms with van der Waals surface area (Å²) in [6.45, 7) is 0. The average Bonchev–Trinajstić information content (AvgIpc) is 2.79. The summed E-state index contributed by atoms with van der Waals surface area (Å²) >= 11 is 0. The maximum absolute atomic E-state index is 13.5. The van der Waals surface area contributed by atoms with E-state index in [0.29, 0.717) is 33.7 Å². The van der Waals surface area contributed by atoms with Gasteiger partial charge in [0.1, 0.15) is 5.75 Å². The van der Waals surface area contributed by atoms with Crippen LogP contribution in [0.5, 0.6) is 5.75 Å². The molecule has 4 nitrogen and oxygen atoms in total. The van der Waals surface area contributed by atoms with E-state index >= 15 is 0 Å². The number of rotatable bonds is 3. The van der Waals surface area contributed by atoms with Crippen molar-refractivity contribution in [2.75, 3.05) is 5.32 Å². The van der Waals surface area contributed by atoms with E-state index in [0.717, 1.165) is 11.4 Å². The van der Waals surface area contributed by atoms with Crippen LogP contribution in [0.1, 0.15) is 27.0 Å². The van der Waals surface area contributed by atoms with Crippen molar-refractivity contribution < 1.29 is 9.90 Å². The Morgan fingerprint density at radius 3 is 2.03 bits per heavy atom. The van der Waals surface area contributed by atoms with E-state index in [1.165, 1.54) is 0 Å². The summed E-state index contributed by atoms with van der Waals surface area (Å²) in [6.07, 6.45) is 0. The highest BCUT2D eigenvalue weighted by atomic mass is 16.3. The van der Waals surface area contributed by atoms with Crippen LogP contribution in [0.25, 0.3) is 0 Å². The van der Waals surface area contributed by atoms with Crippen molar-refractivity contribution >= 4 is 28.6 Å². The Labute approximate surface area is 174 Å². The lowest BCUT2D eigenvalue weighted by atomic mass is 9.82. The number of phenols is 1. The van der Waals surface area contributed by atoms with Crippen molar-refractivity contribution in [2.45, 2.75) is 0 Å². The lowest BCUT2D eigenvalue weighted by Gasteiger charge is -2.24. The van der Waals surface area contributed by atoms with Crippen LogP contribution < -0.4 is 5.32 Å². The van der Waals surface area contributed by atoms with Crippen molar-refractivity contribution in [1.29, 1.82) is 0 Å². The van der Waals surface area contributed by atoms with Crippen LogP contribution in [0.4, 0.5) is 17.1 Å². The molecular formula is C26H18N2O2. The van der Waals surface area contributed by atoms with Gasteiger partial charge in [-0.15, -0.1) is 0 Å². The van der Waals surface area contributed by atoms with Gasteiger partial charge in [0.25, 0.3) is 0 Å². The zero-order valence-electron chi connectivity index (χ0n) is 16.0. The topological polar surface area (TPSA) is 61.7 Å². The fourth-order valence-electron chi connectivity index (χ4n) is 3.75. The lowest BCUT2D eigenvalue weighted by molar-refractivity contribution is 0.103. The number of aromatic hydroxyl groups is 1. The summed E-state index contributed by atoms with van der Waals surface area (Å²) in [7, 11) is 0. The number of fused-ring (bicyclic) bond motifs is 2. The molecule has 4 heteroatoms. The minimum atomic E-state index is -0.137. The molecule has 30 heavy (non-hydrogen) atoms. The summed E-state index contributed by atoms with van der Waals surface area (Å²) in [5, 5.41) is 14.1. The van der Waals surface area contributed by atoms with E-state index in [1.807, 2.05) is 78.9 Å². The Morgan fingerprint density at radius 2 is 1.30 bits per heavy atom. The first-order chi connectivity index (χ1) is 14.7. The first kappa shape index (κ1) is 17.9. The largest absolute Gasteiger partial charge is 0.507 e. The van der Waals surface area contributed by atoms with Crippen molar-refractivity contribution in [2.24, 2.45) is 4.99 Å². The summed E-state index contributed by atoms with van der Waals surface area (Å²) in [5.41, 5.74) is 4.99. The van der Waals surface area contributed by atoms with Gasteiger partial charge in [0.2, 0.25) is 0 Å². The Bertz CT molecular complexity index is 1280. The first-order valence-electron chi connectivity index (χ1n) is 9.68. The second-order valence-electron chi connectivity index (χ2n) is 7.04. The van der Waals surface area contributed by atoms with Crippen LogP contribution in [0.3, 0.4) is 0 Å². The molecule has 0 fully saturated rings. The Balaban J connectivity index is 1.76. The SMILES string of the molecule is O=C1c2ccccc2C(=Nc2ccccc2)c2c(O)ccc(Nc3ccccc3)c21. The molecule has 1 aliphatic rings. The monoisotopic (exact) mass is 390 g/mol. The summed E-state index contributed by atoms with van der Waals surface area (Å²) in [6, 6.07) is 29.9. The number of aliphatic imine (C=N–C) groups is 1. The molecule has 5 rings (SSSR count). The van der Waals surface area contributed by atoms with Gasteiger partial charge >= 0.3 is 0 Å². The highest BCUT2D eigenvalue weighted by molar-refractivity contribution is 6.33. The third-order valence-electron chi connectivity index (χ3n) is 5.12. The van der Waals surface area contributed by atoms with Gasteiger partial charge in [-0.05, 0) is 36.4 Å². The van der Waals surface area contributed by atoms with Crippen molar-refractivity contribution in [3.8, 4) is 5.75 Å². The van der Waals surface area contributed by atoms with Gasteiger partial charge in [-0.2, -0.15) is 0 Å². The number of anilines is 2. The zero-order valence-corrected chi connectivity index (χ0v) is 16.0. The van der Waals surface area contributed by atoms with Gasteiger partial charge in [-0.3, -0.25) is 4.79 Å². The summed E-state index contributed by atoms with van der Waals surface area (Å²) < 4.78 is 0. The number of carbonyl (C=O) groups excluding carboxylic acids is 1. The molecule has 0 saturated carbocycles. The predicted octanol–water partition coefficient (Wildman–Crippen LogP) is 5.85. The molecular weight excluding hydrogens is 372 g/mol. The van der Waals surface area contributed by atoms with Crippen molar-refractivity contribution in [1.82, 2.24) is 0 Å². The van der Waals surface area contributed by atoms with Crippen LogP contribution in [0.2, 0.25) is 0 Å². The maximum atomic E-state index is 13.5. The molecule has 4 aromatic rings. The van der Waals surface area contributed by atoms with Crippen LogP contribution >= 0.6 is 0 Å². The van der Waals surface area contributed by atoms with Gasteiger partial charge in [0.05, 0.1) is 28.2 Å². The second kappa shape index (κ2) is 7.33. The number of carbonyl (C=O) groups is 1. The fraction of sp³-hybridized carbons (Fsp3) is 0. The van der Waals surface area contributed by atoms with Crippen LogP contribution in [-0.2, 0) is 0 Å². The third kappa shape index (κ3) is 3.05. The molecule has 1 aliphatic carbocycles. The van der Waals surface area contributed by atoms with E-state index in [1.54, 1.807) is 18.2 Å². The van der Waals surface area contributed by atoms with Gasteiger partial charge in [-0.1, -0.05) is 60.7 Å². The highest BCUT2D eigenvalue weighted by Crippen LogP contribution is 2.39. The molecule has 4 aromatic carbocycles. The Hall–Kier alpha value is -4.18. The predicted molar refractivity (Wildman–Crippen MR) is 119 cm³/mol. The van der Waals surface area contributed by atoms with Crippen molar-refractivity contribution in [3.05, 3.63) is 119 Å². The lowest BCUT2D eigenvalue weighted by Crippen LogP contribution is -2.23. The van der Waals surface area contributed by atoms with Gasteiger partial charge in [0.15, 0.2) is 5.78 Å². The summed E-state index contributed by atoms with van der Waals surface area (Å²) in [4.78, 5) is 18.3. The Kier molecular flexibility index (Phi) is 4.37. The number of benzene rings is 4. The second-order valence-corrected chi connectivity index (χ2v) is 7.04. The molecule has 0 unspecified atom stereocenters. The van der Waals surface area contributed by atoms with Crippen molar-refractivity contribution in [3.63, 3.8) is 0 Å². The molecule has 0 heterocycles. The van der Waals surface area contributed by atoms with E-state index in [2.05, 4.69) is 5.32 Å². The number of ketones is 1. The molecule has 0 radical (unpaired) electrons. The first-order valence-corrected chi connectivity index (χ1v) is 9.68. The highest BCUT2D eigenvalue weighted by Gasteiger charge is 2.32. The van der Waals surface area contributed by atoms with Gasteiger partial charge < -0.3 is 10.4 Å². The molecule has 0 bridgehead atoms. The fourth-order valence-corrected chi connectivity index (χ4v) is 3.75. The minimum Gasteiger partial charge on any atom is -0.507 e. The van der Waals surface area contributed by atoms with E-state index in [-0.39, 0.29) is 11.5 Å². The van der Waals surface area contributed by atoms with Gasteiger partial charge in [-0.25, -0.2) is 4.99 Å². The number of nitrogens with zero attached hydrogens (tertiary/aromatic N) is 1. The molecule has 0 atom stereocenters. The number of para-hydroxylation sites is 2. The molecule has 0 aliphatic heterocycles. The number of nitrogens with one attached hydrogen (secondary N) is 1. The molecule has 2 N–H and O–H groups in total. The van der Waals surface area contributed by atoms with Crippen LogP contribution in [0.15, 0.2) is 102 Å². The zero-order chi connectivity index (χ0) is 20.5. The smallest absolute Gasteiger partial charge is 0.196 e. The van der Waals surface area contributed by atoms with E-state index < -0.39 is 0 Å². The molecule has 0 aromatic heterocycles. The number of phenolic OH excluding ortho intramolecular Hbond substituents is 1. The normalized spacial score (nSPS) is 13.6. The standard InChI is InChI=1S/C26H18N2O2/c29-22-16-15-21(27-17-9-3-1-4-10-17)23-24(22)25(28-18-11-5-2-6-12-18)19-13-7-8-14-20(19)26(23)30/h1-16,27,29H. The number of hydrogen-bond donors (Lipinski definition) is 2. The quantitative estimate of drug-likeness (QED) is 0.380. The van der Waals surface area contributed by atoms with Crippen LogP contribution in [-0.4, -0.2) is 16.6 Å². The summed E-state index contributed by atoms with van der Waals surface area (Å²) in [5.74, 6) is -0.108. The maximum Gasteiger partial charge on any atom is 0.196 e. The molecule has 0 spiro atoms. The van der Waals surface area contributed by atoms with Gasteiger partial charge in [0, 0.05) is 16.8 Å². The van der Waals surface area contributed by atoms with Crippen LogP contribution in [0, 0.1) is 0 Å².